The van der Waals surface area contributed by atoms with E-state index in [1.165, 1.54) is 6.07 Å². The van der Waals surface area contributed by atoms with Crippen LogP contribution in [0.15, 0.2) is 15.3 Å². The number of aliphatic hydroxyl groups excluding tert-OH is 1. The number of hydrogen-bond acceptors (Lipinski definition) is 5. The first kappa shape index (κ1) is 19.0. The maximum absolute atomic E-state index is 12.5. The number of aliphatic hydroxyl groups is 1. The molecule has 126 valence electrons. The second-order valence-electron chi connectivity index (χ2n) is 6.07. The molecule has 0 fully saturated rings. The minimum atomic E-state index is -0.708. The number of anilines is 1. The van der Waals surface area contributed by atoms with Crippen molar-refractivity contribution in [3.63, 3.8) is 0 Å². The third-order valence-electron chi connectivity index (χ3n) is 4.24. The van der Waals surface area contributed by atoms with Crippen LogP contribution >= 0.6 is 0 Å². The molecule has 0 spiro atoms. The molecule has 23 heavy (non-hydrogen) atoms. The zero-order chi connectivity index (χ0) is 17.6. The van der Waals surface area contributed by atoms with Crippen LogP contribution in [-0.2, 0) is 0 Å². The standard InChI is InChI=1S/C18H25NO4/c1-5-7-11(2)13(4)17(21)16-14(19)10-15(23-18(16)22)12(3)8-6-9-20/h1,10-13,20H,6-9,19H2,2-4H3. The van der Waals surface area contributed by atoms with Crippen molar-refractivity contribution in [3.05, 3.63) is 27.8 Å². The summed E-state index contributed by atoms with van der Waals surface area (Å²) in [5, 5.41) is 8.87. The first-order valence-corrected chi connectivity index (χ1v) is 7.85. The van der Waals surface area contributed by atoms with E-state index in [0.717, 1.165) is 0 Å². The Morgan fingerprint density at radius 3 is 2.61 bits per heavy atom. The molecule has 3 atom stereocenters. The van der Waals surface area contributed by atoms with Crippen LogP contribution in [0.3, 0.4) is 0 Å². The molecule has 0 amide bonds. The van der Waals surface area contributed by atoms with Crippen LogP contribution < -0.4 is 11.4 Å². The predicted molar refractivity (Wildman–Crippen MR) is 90.2 cm³/mol. The van der Waals surface area contributed by atoms with E-state index in [9.17, 15) is 9.59 Å². The van der Waals surface area contributed by atoms with Crippen LogP contribution in [0, 0.1) is 24.2 Å². The normalized spacial score (nSPS) is 14.7. The number of nitrogen functional groups attached to an aromatic ring is 1. The third kappa shape index (κ3) is 4.70. The largest absolute Gasteiger partial charge is 0.427 e. The smallest absolute Gasteiger partial charge is 0.348 e. The van der Waals surface area contributed by atoms with Gasteiger partial charge >= 0.3 is 5.63 Å². The van der Waals surface area contributed by atoms with E-state index >= 15 is 0 Å². The zero-order valence-electron chi connectivity index (χ0n) is 14.0. The summed E-state index contributed by atoms with van der Waals surface area (Å²) in [7, 11) is 0. The Balaban J connectivity index is 3.08. The van der Waals surface area contributed by atoms with Crippen molar-refractivity contribution >= 4 is 11.5 Å². The van der Waals surface area contributed by atoms with Crippen molar-refractivity contribution < 1.29 is 14.3 Å². The quantitative estimate of drug-likeness (QED) is 0.567. The summed E-state index contributed by atoms with van der Waals surface area (Å²) in [6, 6.07) is 1.54. The first-order valence-electron chi connectivity index (χ1n) is 7.85. The highest BCUT2D eigenvalue weighted by molar-refractivity contribution is 6.01. The molecule has 0 aliphatic carbocycles. The number of Topliss-reactive ketones (excluding diaryl/α,β-unsaturated/α-hetero) is 1. The van der Waals surface area contributed by atoms with Crippen LogP contribution in [0.25, 0.3) is 0 Å². The van der Waals surface area contributed by atoms with Gasteiger partial charge in [0.1, 0.15) is 11.3 Å². The number of terminal acetylenes is 1. The van der Waals surface area contributed by atoms with Crippen molar-refractivity contribution in [2.45, 2.75) is 46.0 Å². The van der Waals surface area contributed by atoms with Crippen LogP contribution in [0.5, 0.6) is 0 Å². The summed E-state index contributed by atoms with van der Waals surface area (Å²) < 4.78 is 5.28. The van der Waals surface area contributed by atoms with Gasteiger partial charge in [-0.1, -0.05) is 20.8 Å². The number of nitrogens with two attached hydrogens (primary N) is 1. The summed E-state index contributed by atoms with van der Waals surface area (Å²) in [6.45, 7) is 5.56. The van der Waals surface area contributed by atoms with E-state index < -0.39 is 11.5 Å². The van der Waals surface area contributed by atoms with E-state index in [0.29, 0.717) is 25.0 Å². The summed E-state index contributed by atoms with van der Waals surface area (Å²) in [4.78, 5) is 24.7. The minimum Gasteiger partial charge on any atom is -0.427 e. The van der Waals surface area contributed by atoms with Crippen LogP contribution in [0.4, 0.5) is 5.69 Å². The molecular weight excluding hydrogens is 294 g/mol. The number of hydrogen-bond donors (Lipinski definition) is 2. The molecule has 0 aromatic carbocycles. The molecular formula is C18H25NO4. The molecule has 3 unspecified atom stereocenters. The number of rotatable bonds is 8. The fourth-order valence-electron chi connectivity index (χ4n) is 2.41. The number of carbonyl (C=O) groups is 1. The average Bonchev–Trinajstić information content (AvgIpc) is 2.51. The van der Waals surface area contributed by atoms with Crippen LogP contribution in [0.2, 0.25) is 0 Å². The molecule has 0 radical (unpaired) electrons. The van der Waals surface area contributed by atoms with Gasteiger partial charge in [0.15, 0.2) is 5.78 Å². The van der Waals surface area contributed by atoms with E-state index in [-0.39, 0.29) is 35.5 Å². The van der Waals surface area contributed by atoms with Crippen LogP contribution in [0.1, 0.15) is 62.1 Å². The Hall–Kier alpha value is -2.06. The molecule has 0 aliphatic heterocycles. The number of carbonyl (C=O) groups excluding carboxylic acids is 1. The van der Waals surface area contributed by atoms with Gasteiger partial charge in [-0.15, -0.1) is 12.3 Å². The van der Waals surface area contributed by atoms with Crippen molar-refractivity contribution in [1.82, 2.24) is 0 Å². The molecule has 0 bridgehead atoms. The predicted octanol–water partition coefficient (Wildman–Crippen LogP) is 2.58. The lowest BCUT2D eigenvalue weighted by molar-refractivity contribution is 0.0891. The van der Waals surface area contributed by atoms with E-state index in [1.54, 1.807) is 6.92 Å². The molecule has 5 nitrogen and oxygen atoms in total. The Morgan fingerprint density at radius 1 is 1.43 bits per heavy atom. The fourth-order valence-corrected chi connectivity index (χ4v) is 2.41. The van der Waals surface area contributed by atoms with Crippen molar-refractivity contribution in [1.29, 1.82) is 0 Å². The lowest BCUT2D eigenvalue weighted by atomic mass is 9.86. The lowest BCUT2D eigenvalue weighted by Crippen LogP contribution is -2.26. The van der Waals surface area contributed by atoms with Crippen molar-refractivity contribution in [2.75, 3.05) is 12.3 Å². The summed E-state index contributed by atoms with van der Waals surface area (Å²) >= 11 is 0. The fraction of sp³-hybridized carbons (Fsp3) is 0.556. The topological polar surface area (TPSA) is 93.5 Å². The van der Waals surface area contributed by atoms with Crippen LogP contribution in [-0.4, -0.2) is 17.5 Å². The molecule has 1 aromatic rings. The molecule has 0 saturated carbocycles. The second-order valence-corrected chi connectivity index (χ2v) is 6.07. The average molecular weight is 319 g/mol. The zero-order valence-corrected chi connectivity index (χ0v) is 14.0. The summed E-state index contributed by atoms with van der Waals surface area (Å²) in [5.74, 6) is 2.10. The van der Waals surface area contributed by atoms with Gasteiger partial charge in [-0.05, 0) is 18.8 Å². The molecule has 1 aromatic heterocycles. The highest BCUT2D eigenvalue weighted by Crippen LogP contribution is 2.25. The molecule has 0 aliphatic rings. The highest BCUT2D eigenvalue weighted by Gasteiger charge is 2.27. The third-order valence-corrected chi connectivity index (χ3v) is 4.24. The maximum Gasteiger partial charge on any atom is 0.348 e. The maximum atomic E-state index is 12.5. The minimum absolute atomic E-state index is 0.0468. The van der Waals surface area contributed by atoms with E-state index in [1.807, 2.05) is 13.8 Å². The SMILES string of the molecule is C#CCC(C)C(C)C(=O)c1c(N)cc(C(C)CCCO)oc1=O. The summed E-state index contributed by atoms with van der Waals surface area (Å²) in [6.07, 6.45) is 7.00. The Labute approximate surface area is 136 Å². The molecule has 5 heteroatoms. The molecule has 3 N–H and O–H groups in total. The lowest BCUT2D eigenvalue weighted by Gasteiger charge is -2.17. The Morgan fingerprint density at radius 2 is 2.09 bits per heavy atom. The van der Waals surface area contributed by atoms with Gasteiger partial charge in [0.25, 0.3) is 0 Å². The Bertz CT molecular complexity index is 641. The molecule has 0 saturated heterocycles. The molecule has 1 heterocycles. The van der Waals surface area contributed by atoms with Gasteiger partial charge in [-0.25, -0.2) is 4.79 Å². The molecule has 1 rings (SSSR count). The van der Waals surface area contributed by atoms with E-state index in [4.69, 9.17) is 21.7 Å². The highest BCUT2D eigenvalue weighted by atomic mass is 16.4. The van der Waals surface area contributed by atoms with Crippen molar-refractivity contribution in [3.8, 4) is 12.3 Å². The number of ketones is 1. The second kappa shape index (κ2) is 8.54. The van der Waals surface area contributed by atoms with Crippen molar-refractivity contribution in [2.24, 2.45) is 11.8 Å². The van der Waals surface area contributed by atoms with Gasteiger partial charge in [0.05, 0.1) is 5.69 Å². The Kier molecular flexibility index (Phi) is 7.05. The van der Waals surface area contributed by atoms with Gasteiger partial charge in [-0.2, -0.15) is 0 Å². The van der Waals surface area contributed by atoms with Gasteiger partial charge < -0.3 is 15.3 Å². The van der Waals surface area contributed by atoms with E-state index in [2.05, 4.69) is 5.92 Å². The first-order chi connectivity index (χ1) is 10.8. The van der Waals surface area contributed by atoms with Gasteiger partial charge in [-0.3, -0.25) is 4.79 Å². The summed E-state index contributed by atoms with van der Waals surface area (Å²) in [5.41, 5.74) is 5.26. The van der Waals surface area contributed by atoms with Gasteiger partial charge in [0.2, 0.25) is 0 Å². The monoisotopic (exact) mass is 319 g/mol. The van der Waals surface area contributed by atoms with Gasteiger partial charge in [0, 0.05) is 30.9 Å².